The van der Waals surface area contributed by atoms with Crippen LogP contribution in [0.25, 0.3) is 11.1 Å². The molecule has 0 N–H and O–H groups in total. The fourth-order valence-electron chi connectivity index (χ4n) is 2.32. The van der Waals surface area contributed by atoms with E-state index in [0.29, 0.717) is 12.2 Å². The quantitative estimate of drug-likeness (QED) is 0.492. The van der Waals surface area contributed by atoms with Crippen molar-refractivity contribution in [2.45, 2.75) is 0 Å². The van der Waals surface area contributed by atoms with Gasteiger partial charge in [-0.25, -0.2) is 4.79 Å². The number of rotatable bonds is 6. The Kier molecular flexibility index (Phi) is 5.25. The van der Waals surface area contributed by atoms with E-state index in [1.807, 2.05) is 72.8 Å². The highest BCUT2D eigenvalue weighted by atomic mass is 16.6. The molecule has 0 heterocycles. The minimum atomic E-state index is -0.341. The van der Waals surface area contributed by atoms with Crippen LogP contribution >= 0.6 is 0 Å². The van der Waals surface area contributed by atoms with Gasteiger partial charge in [0.25, 0.3) is 0 Å². The summed E-state index contributed by atoms with van der Waals surface area (Å²) in [5.41, 5.74) is 2.72. The average Bonchev–Trinajstić information content (AvgIpc) is 2.67. The molecule has 3 heteroatoms. The van der Waals surface area contributed by atoms with Gasteiger partial charge < -0.3 is 9.47 Å². The van der Waals surface area contributed by atoms with Crippen LogP contribution in [0.3, 0.4) is 0 Å². The number of hydrogen-bond acceptors (Lipinski definition) is 3. The van der Waals surface area contributed by atoms with Gasteiger partial charge in [-0.15, -0.1) is 0 Å². The molecule has 0 aliphatic rings. The first-order chi connectivity index (χ1) is 11.8. The molecule has 0 amide bonds. The standard InChI is InChI=1S/C21H18O3/c22-21(24-16-15-23-20-9-5-2-6-10-20)19-13-11-18(12-14-19)17-7-3-1-4-8-17/h1-14H,15-16H2. The van der Waals surface area contributed by atoms with Crippen LogP contribution in [0.4, 0.5) is 0 Å². The molecule has 0 unspecified atom stereocenters. The number of carbonyl (C=O) groups is 1. The molecule has 0 saturated carbocycles. The van der Waals surface area contributed by atoms with Crippen molar-refractivity contribution in [2.24, 2.45) is 0 Å². The second-order valence-electron chi connectivity index (χ2n) is 5.24. The van der Waals surface area contributed by atoms with E-state index in [2.05, 4.69) is 0 Å². The zero-order valence-electron chi connectivity index (χ0n) is 13.2. The summed E-state index contributed by atoms with van der Waals surface area (Å²) in [5.74, 6) is 0.423. The third-order valence-corrected chi connectivity index (χ3v) is 3.56. The molecule has 0 fully saturated rings. The maximum Gasteiger partial charge on any atom is 0.338 e. The van der Waals surface area contributed by atoms with Crippen molar-refractivity contribution < 1.29 is 14.3 Å². The fraction of sp³-hybridized carbons (Fsp3) is 0.0952. The van der Waals surface area contributed by atoms with Gasteiger partial charge in [0.1, 0.15) is 19.0 Å². The van der Waals surface area contributed by atoms with Gasteiger partial charge in [0.15, 0.2) is 0 Å². The van der Waals surface area contributed by atoms with Crippen LogP contribution in [0.1, 0.15) is 10.4 Å². The lowest BCUT2D eigenvalue weighted by Gasteiger charge is -2.08. The van der Waals surface area contributed by atoms with Crippen molar-refractivity contribution in [3.8, 4) is 16.9 Å². The first-order valence-corrected chi connectivity index (χ1v) is 7.83. The minimum absolute atomic E-state index is 0.216. The first kappa shape index (κ1) is 15.8. The van der Waals surface area contributed by atoms with Crippen LogP contribution in [0, 0.1) is 0 Å². The highest BCUT2D eigenvalue weighted by Crippen LogP contribution is 2.19. The second-order valence-corrected chi connectivity index (χ2v) is 5.24. The Morgan fingerprint density at radius 2 is 1.25 bits per heavy atom. The molecule has 0 aromatic heterocycles. The lowest BCUT2D eigenvalue weighted by atomic mass is 10.0. The molecular formula is C21H18O3. The summed E-state index contributed by atoms with van der Waals surface area (Å²) in [7, 11) is 0. The summed E-state index contributed by atoms with van der Waals surface area (Å²) < 4.78 is 10.7. The van der Waals surface area contributed by atoms with Crippen LogP contribution < -0.4 is 4.74 Å². The Labute approximate surface area is 141 Å². The van der Waals surface area contributed by atoms with Gasteiger partial charge in [0.2, 0.25) is 0 Å². The van der Waals surface area contributed by atoms with Crippen molar-refractivity contribution >= 4 is 5.97 Å². The Morgan fingerprint density at radius 3 is 1.92 bits per heavy atom. The van der Waals surface area contributed by atoms with Gasteiger partial charge in [-0.3, -0.25) is 0 Å². The Bertz CT molecular complexity index is 765. The minimum Gasteiger partial charge on any atom is -0.490 e. The molecule has 24 heavy (non-hydrogen) atoms. The Morgan fingerprint density at radius 1 is 0.667 bits per heavy atom. The van der Waals surface area contributed by atoms with E-state index in [9.17, 15) is 4.79 Å². The van der Waals surface area contributed by atoms with E-state index >= 15 is 0 Å². The molecule has 0 radical (unpaired) electrons. The maximum absolute atomic E-state index is 12.0. The van der Waals surface area contributed by atoms with Gasteiger partial charge in [0.05, 0.1) is 5.56 Å². The van der Waals surface area contributed by atoms with E-state index in [1.54, 1.807) is 12.1 Å². The third kappa shape index (κ3) is 4.23. The number of para-hydroxylation sites is 1. The van der Waals surface area contributed by atoms with E-state index in [1.165, 1.54) is 0 Å². The highest BCUT2D eigenvalue weighted by Gasteiger charge is 2.07. The summed E-state index contributed by atoms with van der Waals surface area (Å²) in [5, 5.41) is 0. The molecule has 3 nitrogen and oxygen atoms in total. The lowest BCUT2D eigenvalue weighted by molar-refractivity contribution is 0.0450. The lowest BCUT2D eigenvalue weighted by Crippen LogP contribution is -2.12. The molecule has 0 aliphatic carbocycles. The SMILES string of the molecule is O=C(OCCOc1ccccc1)c1ccc(-c2ccccc2)cc1. The van der Waals surface area contributed by atoms with E-state index < -0.39 is 0 Å². The summed E-state index contributed by atoms with van der Waals surface area (Å²) in [6.07, 6.45) is 0. The second kappa shape index (κ2) is 7.97. The zero-order chi connectivity index (χ0) is 16.6. The normalized spacial score (nSPS) is 10.2. The summed E-state index contributed by atoms with van der Waals surface area (Å²) in [6.45, 7) is 0.548. The molecule has 0 atom stereocenters. The van der Waals surface area contributed by atoms with Crippen molar-refractivity contribution in [1.82, 2.24) is 0 Å². The monoisotopic (exact) mass is 318 g/mol. The highest BCUT2D eigenvalue weighted by molar-refractivity contribution is 5.90. The predicted octanol–water partition coefficient (Wildman–Crippen LogP) is 4.59. The van der Waals surface area contributed by atoms with Crippen molar-refractivity contribution in [3.05, 3.63) is 90.5 Å². The zero-order valence-corrected chi connectivity index (χ0v) is 13.2. The molecule has 0 aliphatic heterocycles. The van der Waals surface area contributed by atoms with Crippen molar-refractivity contribution in [2.75, 3.05) is 13.2 Å². The molecule has 0 saturated heterocycles. The molecule has 120 valence electrons. The largest absolute Gasteiger partial charge is 0.490 e. The summed E-state index contributed by atoms with van der Waals surface area (Å²) >= 11 is 0. The topological polar surface area (TPSA) is 35.5 Å². The van der Waals surface area contributed by atoms with Crippen LogP contribution in [0.15, 0.2) is 84.9 Å². The van der Waals surface area contributed by atoms with Gasteiger partial charge >= 0.3 is 5.97 Å². The van der Waals surface area contributed by atoms with Gasteiger partial charge in [0, 0.05) is 0 Å². The number of benzene rings is 3. The summed E-state index contributed by atoms with van der Waals surface area (Å²) in [4.78, 5) is 12.0. The molecule has 3 aromatic rings. The van der Waals surface area contributed by atoms with E-state index in [-0.39, 0.29) is 12.6 Å². The third-order valence-electron chi connectivity index (χ3n) is 3.56. The summed E-state index contributed by atoms with van der Waals surface area (Å²) in [6, 6.07) is 26.9. The smallest absolute Gasteiger partial charge is 0.338 e. The number of ether oxygens (including phenoxy) is 2. The van der Waals surface area contributed by atoms with Crippen LogP contribution in [-0.4, -0.2) is 19.2 Å². The first-order valence-electron chi connectivity index (χ1n) is 7.83. The Balaban J connectivity index is 1.50. The van der Waals surface area contributed by atoms with Crippen LogP contribution in [-0.2, 0) is 4.74 Å². The molecule has 3 aromatic carbocycles. The van der Waals surface area contributed by atoms with Gasteiger partial charge in [-0.1, -0.05) is 60.7 Å². The van der Waals surface area contributed by atoms with Gasteiger partial charge in [-0.05, 0) is 35.4 Å². The molecule has 0 spiro atoms. The molecule has 0 bridgehead atoms. The van der Waals surface area contributed by atoms with Crippen LogP contribution in [0.2, 0.25) is 0 Å². The van der Waals surface area contributed by atoms with Gasteiger partial charge in [-0.2, -0.15) is 0 Å². The van der Waals surface area contributed by atoms with Crippen LogP contribution in [0.5, 0.6) is 5.75 Å². The average molecular weight is 318 g/mol. The van der Waals surface area contributed by atoms with E-state index in [4.69, 9.17) is 9.47 Å². The van der Waals surface area contributed by atoms with Crippen molar-refractivity contribution in [1.29, 1.82) is 0 Å². The fourth-order valence-corrected chi connectivity index (χ4v) is 2.32. The molecular weight excluding hydrogens is 300 g/mol. The Hall–Kier alpha value is -3.07. The number of hydrogen-bond donors (Lipinski definition) is 0. The number of esters is 1. The maximum atomic E-state index is 12.0. The number of carbonyl (C=O) groups excluding carboxylic acids is 1. The van der Waals surface area contributed by atoms with Crippen molar-refractivity contribution in [3.63, 3.8) is 0 Å². The van der Waals surface area contributed by atoms with E-state index in [0.717, 1.165) is 16.9 Å². The molecule has 3 rings (SSSR count). The predicted molar refractivity (Wildman–Crippen MR) is 94.1 cm³/mol.